The minimum atomic E-state index is -1.44. The second kappa shape index (κ2) is 19.4. The number of carbonyl (C=O) groups is 3. The number of carbonyl (C=O) groups excluding carboxylic acids is 3. The molecule has 264 valence electrons. The summed E-state index contributed by atoms with van der Waals surface area (Å²) in [6, 6.07) is 22.8. The molecule has 0 bridgehead atoms. The second-order valence-corrected chi connectivity index (χ2v) is 19.5. The van der Waals surface area contributed by atoms with Gasteiger partial charge in [-0.25, -0.2) is 4.79 Å². The molecule has 1 saturated heterocycles. The van der Waals surface area contributed by atoms with Gasteiger partial charge >= 0.3 is 5.97 Å². The molecule has 3 heterocycles. The van der Waals surface area contributed by atoms with Crippen LogP contribution in [0.3, 0.4) is 0 Å². The van der Waals surface area contributed by atoms with Crippen LogP contribution in [0.25, 0.3) is 0 Å². The Labute approximate surface area is 318 Å². The SMILES string of the molecule is CCCC[P+](CCCC)(CCCC)CC1=C(C(=O)OC(c2ccccc2)c2ccccc2)N2C(=O)[C@@H](NC(=O)Cc3cccs3)[C@H]2SC1.[I-]. The topological polar surface area (TPSA) is 75.7 Å². The van der Waals surface area contributed by atoms with Crippen molar-refractivity contribution < 1.29 is 43.1 Å². The first-order chi connectivity index (χ1) is 23.4. The Morgan fingerprint density at radius 2 is 1.45 bits per heavy atom. The molecular formula is C39H50IN2O4PS2. The zero-order chi connectivity index (χ0) is 33.9. The first kappa shape index (κ1) is 39.6. The molecule has 1 N–H and O–H groups in total. The molecule has 1 aromatic heterocycles. The fourth-order valence-electron chi connectivity index (χ4n) is 6.79. The largest absolute Gasteiger partial charge is 1.00 e. The maximum absolute atomic E-state index is 14.6. The number of hydrogen-bond donors (Lipinski definition) is 1. The van der Waals surface area contributed by atoms with Crippen molar-refractivity contribution in [3.05, 3.63) is 105 Å². The van der Waals surface area contributed by atoms with Crippen molar-refractivity contribution >= 4 is 48.1 Å². The zero-order valence-corrected chi connectivity index (χ0v) is 33.6. The normalized spacial score (nSPS) is 17.3. The maximum Gasteiger partial charge on any atom is 0.356 e. The van der Waals surface area contributed by atoms with Gasteiger partial charge in [0.05, 0.1) is 31.1 Å². The van der Waals surface area contributed by atoms with Gasteiger partial charge in [-0.2, -0.15) is 0 Å². The molecule has 2 aliphatic heterocycles. The lowest BCUT2D eigenvalue weighted by Crippen LogP contribution is -3.00. The number of fused-ring (bicyclic) bond motifs is 1. The number of amides is 2. The molecule has 2 aromatic carbocycles. The molecular weight excluding hydrogens is 782 g/mol. The standard InChI is InChI=1S/C39H49N2O4PS2.HI/c1-4-7-22-46(23-8-5-2,24-9-6-3)27-31-28-48-38-34(40-33(42)26-32-21-16-25-47-32)37(43)41(38)35(31)39(44)45-36(29-17-12-10-13-18-29)30-19-14-11-15-20-30;/h10-21,25,34,36,38H,4-9,22-24,26-28H2,1-3H3;1H/t34-,38-;/m1./s1. The highest BCUT2D eigenvalue weighted by molar-refractivity contribution is 8.00. The summed E-state index contributed by atoms with van der Waals surface area (Å²) in [7, 11) is -1.44. The first-order valence-corrected chi connectivity index (χ1v) is 22.0. The highest BCUT2D eigenvalue weighted by atomic mass is 127. The van der Waals surface area contributed by atoms with Crippen LogP contribution in [0.1, 0.15) is 81.4 Å². The summed E-state index contributed by atoms with van der Waals surface area (Å²) in [5.41, 5.74) is 3.23. The summed E-state index contributed by atoms with van der Waals surface area (Å²) in [5.74, 6) is -0.202. The zero-order valence-electron chi connectivity index (χ0n) is 28.9. The molecule has 2 amide bonds. The first-order valence-electron chi connectivity index (χ1n) is 17.5. The Kier molecular flexibility index (Phi) is 15.7. The average Bonchev–Trinajstić information content (AvgIpc) is 3.63. The van der Waals surface area contributed by atoms with Crippen molar-refractivity contribution in [2.24, 2.45) is 0 Å². The maximum atomic E-state index is 14.6. The van der Waals surface area contributed by atoms with Crippen molar-refractivity contribution in [3.8, 4) is 0 Å². The quantitative estimate of drug-likeness (QED) is 0.0772. The van der Waals surface area contributed by atoms with Crippen molar-refractivity contribution in [2.75, 3.05) is 30.4 Å². The number of ether oxygens (including phenoxy) is 1. The lowest BCUT2D eigenvalue weighted by molar-refractivity contribution is -0.154. The van der Waals surface area contributed by atoms with Crippen LogP contribution in [0.4, 0.5) is 0 Å². The number of nitrogens with one attached hydrogen (secondary N) is 1. The van der Waals surface area contributed by atoms with Crippen LogP contribution in [-0.2, 0) is 25.5 Å². The van der Waals surface area contributed by atoms with Crippen LogP contribution >= 0.6 is 30.4 Å². The highest BCUT2D eigenvalue weighted by Crippen LogP contribution is 2.63. The van der Waals surface area contributed by atoms with Crippen LogP contribution in [0.2, 0.25) is 0 Å². The third-order valence-electron chi connectivity index (χ3n) is 9.39. The molecule has 6 nitrogen and oxygen atoms in total. The molecule has 10 heteroatoms. The lowest BCUT2D eigenvalue weighted by Gasteiger charge is -2.50. The van der Waals surface area contributed by atoms with Crippen molar-refractivity contribution in [3.63, 3.8) is 0 Å². The molecule has 5 rings (SSSR count). The summed E-state index contributed by atoms with van der Waals surface area (Å²) < 4.78 is 6.46. The van der Waals surface area contributed by atoms with Crippen LogP contribution in [0.5, 0.6) is 0 Å². The number of unbranched alkanes of at least 4 members (excludes halogenated alkanes) is 3. The Balaban J connectivity index is 0.00000541. The van der Waals surface area contributed by atoms with Gasteiger partial charge in [-0.3, -0.25) is 14.5 Å². The minimum Gasteiger partial charge on any atom is -1.00 e. The van der Waals surface area contributed by atoms with Gasteiger partial charge in [0.15, 0.2) is 6.10 Å². The number of β-lactam (4-membered cyclic amide) rings is 1. The Morgan fingerprint density at radius 3 is 1.96 bits per heavy atom. The number of esters is 1. The van der Waals surface area contributed by atoms with Gasteiger partial charge in [-0.1, -0.05) is 107 Å². The van der Waals surface area contributed by atoms with Gasteiger partial charge in [-0.15, -0.1) is 23.1 Å². The van der Waals surface area contributed by atoms with Gasteiger partial charge in [0.2, 0.25) is 5.91 Å². The van der Waals surface area contributed by atoms with E-state index in [0.29, 0.717) is 11.4 Å². The summed E-state index contributed by atoms with van der Waals surface area (Å²) in [5, 5.41) is 4.60. The number of thiophene rings is 1. The van der Waals surface area contributed by atoms with E-state index in [-0.39, 0.29) is 47.6 Å². The van der Waals surface area contributed by atoms with Crippen LogP contribution in [-0.4, -0.2) is 64.5 Å². The Hall–Kier alpha value is -2.20. The van der Waals surface area contributed by atoms with E-state index >= 15 is 0 Å². The molecule has 0 saturated carbocycles. The van der Waals surface area contributed by atoms with Gasteiger partial charge in [0.1, 0.15) is 17.1 Å². The molecule has 2 atom stereocenters. The Morgan fingerprint density at radius 1 is 0.878 bits per heavy atom. The smallest absolute Gasteiger partial charge is 0.356 e. The fourth-order valence-corrected chi connectivity index (χ4v) is 14.2. The van der Waals surface area contributed by atoms with E-state index < -0.39 is 25.4 Å². The van der Waals surface area contributed by atoms with Gasteiger partial charge in [-0.05, 0) is 41.8 Å². The number of halogens is 1. The fraction of sp³-hybridized carbons (Fsp3) is 0.462. The summed E-state index contributed by atoms with van der Waals surface area (Å²) >= 11 is 3.20. The highest BCUT2D eigenvalue weighted by Gasteiger charge is 2.55. The van der Waals surface area contributed by atoms with Crippen LogP contribution in [0, 0.1) is 0 Å². The summed E-state index contributed by atoms with van der Waals surface area (Å²) in [6.45, 7) is 6.78. The number of thioether (sulfide) groups is 1. The number of benzene rings is 2. The predicted molar refractivity (Wildman–Crippen MR) is 202 cm³/mol. The third kappa shape index (κ3) is 9.99. The van der Waals surface area contributed by atoms with Crippen molar-refractivity contribution in [1.82, 2.24) is 10.2 Å². The molecule has 0 aliphatic carbocycles. The number of hydrogen-bond acceptors (Lipinski definition) is 6. The van der Waals surface area contributed by atoms with Gasteiger partial charge < -0.3 is 34.0 Å². The lowest BCUT2D eigenvalue weighted by atomic mass is 10.0. The van der Waals surface area contributed by atoms with Gasteiger partial charge in [0.25, 0.3) is 5.91 Å². The van der Waals surface area contributed by atoms with E-state index in [2.05, 4.69) is 26.1 Å². The predicted octanol–water partition coefficient (Wildman–Crippen LogP) is 5.70. The molecule has 49 heavy (non-hydrogen) atoms. The molecule has 0 radical (unpaired) electrons. The van der Waals surface area contributed by atoms with E-state index in [4.69, 9.17) is 4.74 Å². The Bertz CT molecular complexity index is 1480. The van der Waals surface area contributed by atoms with Crippen molar-refractivity contribution in [1.29, 1.82) is 0 Å². The van der Waals surface area contributed by atoms with Crippen molar-refractivity contribution in [2.45, 2.75) is 83.2 Å². The monoisotopic (exact) mass is 832 g/mol. The third-order valence-corrected chi connectivity index (χ3v) is 16.4. The van der Waals surface area contributed by atoms with E-state index in [1.54, 1.807) is 16.7 Å². The van der Waals surface area contributed by atoms with E-state index in [1.165, 1.54) is 49.1 Å². The molecule has 0 spiro atoms. The molecule has 1 fully saturated rings. The molecule has 2 aliphatic rings. The number of rotatable bonds is 18. The van der Waals surface area contributed by atoms with Crippen LogP contribution < -0.4 is 29.3 Å². The van der Waals surface area contributed by atoms with Crippen LogP contribution in [0.15, 0.2) is 89.4 Å². The summed E-state index contributed by atoms with van der Waals surface area (Å²) in [6.07, 6.45) is 11.2. The van der Waals surface area contributed by atoms with Gasteiger partial charge in [0, 0.05) is 23.5 Å². The molecule has 3 aromatic rings. The van der Waals surface area contributed by atoms with E-state index in [9.17, 15) is 14.4 Å². The second-order valence-electron chi connectivity index (χ2n) is 13.0. The van der Waals surface area contributed by atoms with E-state index in [1.807, 2.05) is 78.2 Å². The van der Waals surface area contributed by atoms with E-state index in [0.717, 1.165) is 47.0 Å². The number of nitrogens with zero attached hydrogens (tertiary/aromatic N) is 1. The average molecular weight is 833 g/mol. The minimum absolute atomic E-state index is 0. The summed E-state index contributed by atoms with van der Waals surface area (Å²) in [4.78, 5) is 44.2. The molecule has 0 unspecified atom stereocenters.